The van der Waals surface area contributed by atoms with Crippen molar-refractivity contribution in [2.45, 2.75) is 24.2 Å². The minimum Gasteiger partial charge on any atom is -0.338 e. The SMILES string of the molecule is NS(=O)(=O)c1ccc(Nc2ncc(F)c(Nc3ccc(CCCCF)cc3)n2)cc1. The van der Waals surface area contributed by atoms with Gasteiger partial charge < -0.3 is 10.6 Å². The van der Waals surface area contributed by atoms with Gasteiger partial charge in [0, 0.05) is 11.4 Å². The number of nitrogens with zero attached hydrogens (tertiary/aromatic N) is 2. The van der Waals surface area contributed by atoms with E-state index >= 15 is 0 Å². The summed E-state index contributed by atoms with van der Waals surface area (Å²) in [5.74, 6) is -0.513. The third-order valence-corrected chi connectivity index (χ3v) is 5.18. The molecule has 1 aromatic heterocycles. The highest BCUT2D eigenvalue weighted by molar-refractivity contribution is 7.89. The molecule has 0 fully saturated rings. The number of hydrogen-bond donors (Lipinski definition) is 3. The summed E-state index contributed by atoms with van der Waals surface area (Å²) in [6, 6.07) is 13.1. The number of nitrogens with two attached hydrogens (primary N) is 1. The van der Waals surface area contributed by atoms with Crippen molar-refractivity contribution < 1.29 is 17.2 Å². The van der Waals surface area contributed by atoms with E-state index < -0.39 is 15.8 Å². The van der Waals surface area contributed by atoms with Crippen molar-refractivity contribution in [1.82, 2.24) is 9.97 Å². The second-order valence-electron chi connectivity index (χ2n) is 6.55. The van der Waals surface area contributed by atoms with Crippen LogP contribution in [-0.2, 0) is 16.4 Å². The maximum atomic E-state index is 14.1. The fourth-order valence-corrected chi connectivity index (χ4v) is 3.20. The molecule has 0 atom stereocenters. The number of aryl methyl sites for hydroxylation is 1. The van der Waals surface area contributed by atoms with Gasteiger partial charge in [0.25, 0.3) is 0 Å². The van der Waals surface area contributed by atoms with E-state index in [0.717, 1.165) is 24.6 Å². The van der Waals surface area contributed by atoms with E-state index in [2.05, 4.69) is 20.6 Å². The van der Waals surface area contributed by atoms with Crippen molar-refractivity contribution in [3.8, 4) is 0 Å². The van der Waals surface area contributed by atoms with Gasteiger partial charge >= 0.3 is 0 Å². The third kappa shape index (κ3) is 5.94. The first-order valence-electron chi connectivity index (χ1n) is 9.19. The van der Waals surface area contributed by atoms with Gasteiger partial charge in [-0.05, 0) is 61.2 Å². The van der Waals surface area contributed by atoms with Gasteiger partial charge in [-0.3, -0.25) is 4.39 Å². The Balaban J connectivity index is 1.69. The quantitative estimate of drug-likeness (QED) is 0.439. The summed E-state index contributed by atoms with van der Waals surface area (Å²) in [4.78, 5) is 7.99. The molecule has 7 nitrogen and oxygen atoms in total. The molecule has 1 heterocycles. The third-order valence-electron chi connectivity index (χ3n) is 4.25. The van der Waals surface area contributed by atoms with E-state index in [1.165, 1.54) is 24.3 Å². The summed E-state index contributed by atoms with van der Waals surface area (Å²) in [5, 5.41) is 10.8. The average molecular weight is 433 g/mol. The van der Waals surface area contributed by atoms with Crippen LogP contribution in [0.1, 0.15) is 18.4 Å². The predicted octanol–water partition coefficient (Wildman–Crippen LogP) is 4.04. The second-order valence-corrected chi connectivity index (χ2v) is 8.11. The van der Waals surface area contributed by atoms with Crippen LogP contribution in [0, 0.1) is 5.82 Å². The maximum absolute atomic E-state index is 14.1. The van der Waals surface area contributed by atoms with Crippen molar-refractivity contribution in [3.05, 3.63) is 66.1 Å². The summed E-state index contributed by atoms with van der Waals surface area (Å²) < 4.78 is 48.9. The zero-order valence-electron chi connectivity index (χ0n) is 16.0. The van der Waals surface area contributed by atoms with E-state index in [-0.39, 0.29) is 23.3 Å². The van der Waals surface area contributed by atoms with Crippen molar-refractivity contribution >= 4 is 33.2 Å². The maximum Gasteiger partial charge on any atom is 0.238 e. The molecule has 0 amide bonds. The standard InChI is InChI=1S/C20H21F2N5O2S/c21-12-2-1-3-14-4-6-15(7-5-14)25-19-18(22)13-24-20(27-19)26-16-8-10-17(11-9-16)30(23,28)29/h4-11,13H,1-3,12H2,(H2,23,28,29)(H2,24,25,26,27). The Morgan fingerprint density at radius 1 is 0.933 bits per heavy atom. The summed E-state index contributed by atoms with van der Waals surface area (Å²) in [6.07, 6.45) is 3.12. The largest absolute Gasteiger partial charge is 0.338 e. The monoisotopic (exact) mass is 433 g/mol. The Morgan fingerprint density at radius 3 is 2.20 bits per heavy atom. The molecule has 3 aromatic rings. The van der Waals surface area contributed by atoms with Crippen LogP contribution in [0.2, 0.25) is 0 Å². The summed E-state index contributed by atoms with van der Waals surface area (Å²) >= 11 is 0. The van der Waals surface area contributed by atoms with Crippen LogP contribution in [0.15, 0.2) is 59.6 Å². The number of aromatic nitrogens is 2. The van der Waals surface area contributed by atoms with Gasteiger partial charge in [-0.1, -0.05) is 12.1 Å². The number of anilines is 4. The van der Waals surface area contributed by atoms with Crippen LogP contribution < -0.4 is 15.8 Å². The van der Waals surface area contributed by atoms with Gasteiger partial charge in [0.05, 0.1) is 17.8 Å². The fraction of sp³-hybridized carbons (Fsp3) is 0.200. The van der Waals surface area contributed by atoms with E-state index in [9.17, 15) is 17.2 Å². The molecule has 0 saturated heterocycles. The smallest absolute Gasteiger partial charge is 0.238 e. The number of hydrogen-bond acceptors (Lipinski definition) is 6. The zero-order valence-corrected chi connectivity index (χ0v) is 16.8. The van der Waals surface area contributed by atoms with Crippen LogP contribution in [0.4, 0.5) is 31.9 Å². The van der Waals surface area contributed by atoms with Crippen LogP contribution in [0.3, 0.4) is 0 Å². The number of alkyl halides is 1. The molecule has 0 saturated carbocycles. The van der Waals surface area contributed by atoms with E-state index in [1.807, 2.05) is 12.1 Å². The lowest BCUT2D eigenvalue weighted by molar-refractivity contribution is 0.462. The van der Waals surface area contributed by atoms with Crippen molar-refractivity contribution in [1.29, 1.82) is 0 Å². The average Bonchev–Trinajstić information content (AvgIpc) is 2.72. The molecular weight excluding hydrogens is 412 g/mol. The van der Waals surface area contributed by atoms with Gasteiger partial charge in [0.15, 0.2) is 11.6 Å². The van der Waals surface area contributed by atoms with E-state index in [4.69, 9.17) is 5.14 Å². The Hall–Kier alpha value is -3.11. The molecule has 0 bridgehead atoms. The number of sulfonamides is 1. The topological polar surface area (TPSA) is 110 Å². The molecule has 2 aromatic carbocycles. The Kier molecular flexibility index (Phi) is 6.91. The lowest BCUT2D eigenvalue weighted by Gasteiger charge is -2.10. The number of nitrogens with one attached hydrogen (secondary N) is 2. The summed E-state index contributed by atoms with van der Waals surface area (Å²) in [5.41, 5.74) is 2.23. The number of benzene rings is 2. The molecule has 0 aliphatic carbocycles. The minimum atomic E-state index is -3.78. The van der Waals surface area contributed by atoms with Crippen molar-refractivity contribution in [2.24, 2.45) is 5.14 Å². The van der Waals surface area contributed by atoms with Crippen molar-refractivity contribution in [2.75, 3.05) is 17.3 Å². The second kappa shape index (κ2) is 9.59. The normalized spacial score (nSPS) is 11.3. The molecule has 0 radical (unpaired) electrons. The predicted molar refractivity (Wildman–Crippen MR) is 112 cm³/mol. The zero-order chi connectivity index (χ0) is 21.6. The molecule has 3 rings (SSSR count). The first-order chi connectivity index (χ1) is 14.3. The molecule has 4 N–H and O–H groups in total. The van der Waals surface area contributed by atoms with Gasteiger partial charge in [0.2, 0.25) is 16.0 Å². The molecule has 10 heteroatoms. The van der Waals surface area contributed by atoms with Crippen LogP contribution >= 0.6 is 0 Å². The van der Waals surface area contributed by atoms with Crippen LogP contribution in [0.25, 0.3) is 0 Å². The van der Waals surface area contributed by atoms with E-state index in [1.54, 1.807) is 12.1 Å². The van der Waals surface area contributed by atoms with Gasteiger partial charge in [-0.15, -0.1) is 0 Å². The summed E-state index contributed by atoms with van der Waals surface area (Å²) in [7, 11) is -3.78. The van der Waals surface area contributed by atoms with Gasteiger partial charge in [-0.25, -0.2) is 22.9 Å². The first kappa shape index (κ1) is 21.6. The minimum absolute atomic E-state index is 0.0150. The van der Waals surface area contributed by atoms with Crippen LogP contribution in [0.5, 0.6) is 0 Å². The first-order valence-corrected chi connectivity index (χ1v) is 10.7. The Labute approximate surface area is 173 Å². The molecule has 30 heavy (non-hydrogen) atoms. The van der Waals surface area contributed by atoms with Crippen molar-refractivity contribution in [3.63, 3.8) is 0 Å². The van der Waals surface area contributed by atoms with Gasteiger partial charge in [0.1, 0.15) is 0 Å². The Bertz CT molecular complexity index is 1090. The number of unbranched alkanes of at least 4 members (excludes halogenated alkanes) is 1. The Morgan fingerprint density at radius 2 is 1.57 bits per heavy atom. The molecule has 0 aliphatic heterocycles. The highest BCUT2D eigenvalue weighted by Crippen LogP contribution is 2.22. The molecule has 0 unspecified atom stereocenters. The number of primary sulfonamides is 1. The van der Waals surface area contributed by atoms with E-state index in [0.29, 0.717) is 17.8 Å². The molecule has 0 aliphatic rings. The van der Waals surface area contributed by atoms with Gasteiger partial charge in [-0.2, -0.15) is 4.98 Å². The fourth-order valence-electron chi connectivity index (χ4n) is 2.69. The summed E-state index contributed by atoms with van der Waals surface area (Å²) in [6.45, 7) is -0.320. The number of halogens is 2. The highest BCUT2D eigenvalue weighted by atomic mass is 32.2. The molecule has 0 spiro atoms. The lowest BCUT2D eigenvalue weighted by Crippen LogP contribution is -2.11. The molecule has 158 valence electrons. The highest BCUT2D eigenvalue weighted by Gasteiger charge is 2.10. The number of rotatable bonds is 9. The van der Waals surface area contributed by atoms with Crippen LogP contribution in [-0.4, -0.2) is 25.1 Å². The lowest BCUT2D eigenvalue weighted by atomic mass is 10.1. The molecular formula is C20H21F2N5O2S.